The van der Waals surface area contributed by atoms with Gasteiger partial charge in [0.25, 0.3) is 0 Å². The van der Waals surface area contributed by atoms with Crippen molar-refractivity contribution in [2.24, 2.45) is 4.74 Å². The molecule has 0 aromatic heterocycles. The fourth-order valence-electron chi connectivity index (χ4n) is 1.80. The summed E-state index contributed by atoms with van der Waals surface area (Å²) in [6.45, 7) is 6.53. The van der Waals surface area contributed by atoms with Gasteiger partial charge in [-0.2, -0.15) is 0 Å². The number of rotatable bonds is 2. The van der Waals surface area contributed by atoms with E-state index in [9.17, 15) is 0 Å². The highest BCUT2D eigenvalue weighted by Gasteiger charge is 2.30. The second-order valence-corrected chi connectivity index (χ2v) is 7.43. The van der Waals surface area contributed by atoms with Crippen molar-refractivity contribution < 1.29 is 0 Å². The van der Waals surface area contributed by atoms with Crippen molar-refractivity contribution in [2.75, 3.05) is 34.2 Å². The highest BCUT2D eigenvalue weighted by molar-refractivity contribution is 7.59. The molecule has 0 aromatic rings. The number of nitrogens with zero attached hydrogens (tertiary/aromatic N) is 3. The normalized spacial score (nSPS) is 29.9. The maximum atomic E-state index is 4.90. The minimum Gasteiger partial charge on any atom is -0.259 e. The van der Waals surface area contributed by atoms with Gasteiger partial charge >= 0.3 is 0 Å². The van der Waals surface area contributed by atoms with Crippen LogP contribution in [0.25, 0.3) is 0 Å². The molecule has 0 bridgehead atoms. The first-order chi connectivity index (χ1) is 6.49. The second kappa shape index (κ2) is 4.75. The first kappa shape index (κ1) is 12.2. The Labute approximate surface area is 87.9 Å². The average molecular weight is 218 g/mol. The predicted molar refractivity (Wildman–Crippen MR) is 63.4 cm³/mol. The van der Waals surface area contributed by atoms with Crippen LogP contribution in [0.15, 0.2) is 4.74 Å². The maximum Gasteiger partial charge on any atom is 0.164 e. The van der Waals surface area contributed by atoms with E-state index in [2.05, 4.69) is 49.4 Å². The third kappa shape index (κ3) is 2.37. The van der Waals surface area contributed by atoms with Gasteiger partial charge in [0.05, 0.1) is 0 Å². The topological polar surface area (TPSA) is 30.9 Å². The van der Waals surface area contributed by atoms with Gasteiger partial charge in [0, 0.05) is 19.1 Å². The molecular formula is C9H23N4P. The Morgan fingerprint density at radius 3 is 2.50 bits per heavy atom. The molecule has 1 aliphatic heterocycles. The highest BCUT2D eigenvalue weighted by atomic mass is 31.2. The summed E-state index contributed by atoms with van der Waals surface area (Å²) in [5, 5.41) is 3.61. The zero-order chi connectivity index (χ0) is 10.8. The molecule has 5 heteroatoms. The molecule has 0 saturated carbocycles. The van der Waals surface area contributed by atoms with Crippen molar-refractivity contribution in [1.82, 2.24) is 14.4 Å². The van der Waals surface area contributed by atoms with E-state index in [1.165, 1.54) is 6.42 Å². The molecule has 1 atom stereocenters. The van der Waals surface area contributed by atoms with E-state index in [0.717, 1.165) is 13.1 Å². The summed E-state index contributed by atoms with van der Waals surface area (Å²) in [5.41, 5.74) is 0. The quantitative estimate of drug-likeness (QED) is 0.717. The van der Waals surface area contributed by atoms with Gasteiger partial charge in [-0.25, -0.2) is 4.67 Å². The molecule has 4 nitrogen and oxygen atoms in total. The van der Waals surface area contributed by atoms with Gasteiger partial charge in [0.15, 0.2) is 7.51 Å². The van der Waals surface area contributed by atoms with Crippen LogP contribution in [0, 0.1) is 0 Å². The Hall–Kier alpha value is 0.110. The van der Waals surface area contributed by atoms with Crippen LogP contribution < -0.4 is 5.09 Å². The zero-order valence-corrected chi connectivity index (χ0v) is 10.9. The van der Waals surface area contributed by atoms with E-state index >= 15 is 0 Å². The minimum absolute atomic E-state index is 0.388. The van der Waals surface area contributed by atoms with Gasteiger partial charge in [-0.3, -0.25) is 14.5 Å². The minimum atomic E-state index is -1.57. The van der Waals surface area contributed by atoms with Crippen molar-refractivity contribution >= 4 is 7.51 Å². The molecule has 0 aliphatic carbocycles. The maximum absolute atomic E-state index is 4.90. The molecule has 1 fully saturated rings. The summed E-state index contributed by atoms with van der Waals surface area (Å²) >= 11 is 0. The Morgan fingerprint density at radius 2 is 2.07 bits per heavy atom. The Morgan fingerprint density at radius 1 is 1.43 bits per heavy atom. The predicted octanol–water partition coefficient (Wildman–Crippen LogP) is 1.83. The largest absolute Gasteiger partial charge is 0.259 e. The molecule has 0 amide bonds. The Balaban J connectivity index is 3.01. The lowest BCUT2D eigenvalue weighted by Crippen LogP contribution is -2.39. The van der Waals surface area contributed by atoms with E-state index < -0.39 is 7.51 Å². The van der Waals surface area contributed by atoms with Crippen LogP contribution in [-0.2, 0) is 0 Å². The van der Waals surface area contributed by atoms with Crippen molar-refractivity contribution in [3.63, 3.8) is 0 Å². The lowest BCUT2D eigenvalue weighted by atomic mass is 10.4. The molecule has 0 radical (unpaired) electrons. The Kier molecular flexibility index (Phi) is 4.14. The van der Waals surface area contributed by atoms with Gasteiger partial charge in [0.1, 0.15) is 0 Å². The molecular weight excluding hydrogens is 195 g/mol. The van der Waals surface area contributed by atoms with Crippen LogP contribution in [0.3, 0.4) is 0 Å². The first-order valence-corrected chi connectivity index (χ1v) is 6.90. The molecule has 14 heavy (non-hydrogen) atoms. The van der Waals surface area contributed by atoms with Crippen molar-refractivity contribution in [3.05, 3.63) is 0 Å². The number of hydrogen-bond acceptors (Lipinski definition) is 1. The average Bonchev–Trinajstić information content (AvgIpc) is 2.08. The fraction of sp³-hybridized carbons (Fsp3) is 1.00. The molecule has 0 spiro atoms. The lowest BCUT2D eigenvalue weighted by molar-refractivity contribution is 0.431. The second-order valence-electron chi connectivity index (χ2n) is 4.27. The molecule has 0 aromatic carbocycles. The smallest absolute Gasteiger partial charge is 0.164 e. The summed E-state index contributed by atoms with van der Waals surface area (Å²) in [4.78, 5) is 0. The third-order valence-corrected chi connectivity index (χ3v) is 6.11. The van der Waals surface area contributed by atoms with Crippen LogP contribution in [0.2, 0.25) is 0 Å². The third-order valence-electron chi connectivity index (χ3n) is 2.41. The van der Waals surface area contributed by atoms with Gasteiger partial charge in [-0.05, 0) is 41.4 Å². The van der Waals surface area contributed by atoms with E-state index in [4.69, 9.17) is 4.74 Å². The SMILES string of the molecule is CC(C)N=P1(N(C)C)NCCCN1C. The number of hydrogen-bond donors (Lipinski definition) is 1. The van der Waals surface area contributed by atoms with E-state index in [1.807, 2.05) is 0 Å². The fourth-order valence-corrected chi connectivity index (χ4v) is 4.92. The van der Waals surface area contributed by atoms with Crippen LogP contribution in [0.5, 0.6) is 0 Å². The summed E-state index contributed by atoms with van der Waals surface area (Å²) in [6.07, 6.45) is 1.22. The molecule has 1 heterocycles. The van der Waals surface area contributed by atoms with E-state index in [0.29, 0.717) is 6.04 Å². The zero-order valence-electron chi connectivity index (χ0n) is 9.99. The summed E-state index contributed by atoms with van der Waals surface area (Å²) in [5.74, 6) is 0. The van der Waals surface area contributed by atoms with Crippen molar-refractivity contribution in [3.8, 4) is 0 Å². The van der Waals surface area contributed by atoms with Gasteiger partial charge in [-0.1, -0.05) is 0 Å². The highest BCUT2D eigenvalue weighted by Crippen LogP contribution is 2.52. The number of nitrogens with one attached hydrogen (secondary N) is 1. The van der Waals surface area contributed by atoms with Crippen LogP contribution in [0.1, 0.15) is 20.3 Å². The molecule has 1 saturated heterocycles. The summed E-state index contributed by atoms with van der Waals surface area (Å²) < 4.78 is 9.54. The van der Waals surface area contributed by atoms with E-state index in [-0.39, 0.29) is 0 Å². The summed E-state index contributed by atoms with van der Waals surface area (Å²) in [6, 6.07) is 0.388. The lowest BCUT2D eigenvalue weighted by Gasteiger charge is -2.42. The Bertz CT molecular complexity index is 237. The monoisotopic (exact) mass is 218 g/mol. The van der Waals surface area contributed by atoms with Crippen LogP contribution in [0.4, 0.5) is 0 Å². The molecule has 1 aliphatic rings. The molecule has 84 valence electrons. The molecule has 1 unspecified atom stereocenters. The molecule has 1 rings (SSSR count). The van der Waals surface area contributed by atoms with Gasteiger partial charge in [0.2, 0.25) is 0 Å². The van der Waals surface area contributed by atoms with Crippen LogP contribution in [-0.4, -0.2) is 49.6 Å². The van der Waals surface area contributed by atoms with Gasteiger partial charge in [-0.15, -0.1) is 0 Å². The molecule has 1 N–H and O–H groups in total. The first-order valence-electron chi connectivity index (χ1n) is 5.25. The summed E-state index contributed by atoms with van der Waals surface area (Å²) in [7, 11) is 4.84. The van der Waals surface area contributed by atoms with Crippen molar-refractivity contribution in [2.45, 2.75) is 26.3 Å². The van der Waals surface area contributed by atoms with Gasteiger partial charge < -0.3 is 0 Å². The van der Waals surface area contributed by atoms with E-state index in [1.54, 1.807) is 0 Å². The van der Waals surface area contributed by atoms with Crippen molar-refractivity contribution in [1.29, 1.82) is 0 Å². The standard InChI is InChI=1S/C9H23N4P/c1-9(2)11-14(12(3)4)10-7-6-8-13(14)5/h9-10H,6-8H2,1-5H3. The van der Waals surface area contributed by atoms with Crippen LogP contribution >= 0.6 is 7.51 Å².